The van der Waals surface area contributed by atoms with Crippen LogP contribution in [0.1, 0.15) is 39.2 Å². The smallest absolute Gasteiger partial charge is 0.325 e. The minimum absolute atomic E-state index is 0.0181. The molecule has 0 aliphatic rings. The Kier molecular flexibility index (Phi) is 18.6. The van der Waals surface area contributed by atoms with Gasteiger partial charge in [0, 0.05) is 6.42 Å². The van der Waals surface area contributed by atoms with Crippen LogP contribution < -0.4 is 37.6 Å². The van der Waals surface area contributed by atoms with Gasteiger partial charge in [-0.1, -0.05) is 26.0 Å². The highest BCUT2D eigenvalue weighted by Crippen LogP contribution is 2.12. The SMILES string of the molecule is CSCC[C@H](NC(=O)[C@H](Cc1ccc(O)cc1)NC(=O)CN)C(=O)N[C@@H](CC(C)C)C(=O)NCC(=O)N[C@@H](CO)C(=O)N[C@@H](C)C(=O)O. The van der Waals surface area contributed by atoms with Crippen LogP contribution in [0.4, 0.5) is 0 Å². The molecule has 0 saturated carbocycles. The third kappa shape index (κ3) is 15.4. The second kappa shape index (κ2) is 21.5. The maximum atomic E-state index is 13.5. The summed E-state index contributed by atoms with van der Waals surface area (Å²) in [5.74, 6) is -5.42. The maximum absolute atomic E-state index is 13.5. The largest absolute Gasteiger partial charge is 0.508 e. The number of phenols is 1. The lowest BCUT2D eigenvalue weighted by Crippen LogP contribution is -2.58. The van der Waals surface area contributed by atoms with Gasteiger partial charge in [0.2, 0.25) is 35.4 Å². The Hall–Kier alpha value is -4.42. The fraction of sp³-hybridized carbons (Fsp3) is 0.567. The first-order chi connectivity index (χ1) is 22.6. The molecular weight excluding hydrogens is 650 g/mol. The van der Waals surface area contributed by atoms with Gasteiger partial charge >= 0.3 is 5.97 Å². The molecule has 0 aromatic heterocycles. The van der Waals surface area contributed by atoms with Gasteiger partial charge in [-0.25, -0.2) is 0 Å². The normalized spacial score (nSPS) is 14.0. The van der Waals surface area contributed by atoms with E-state index >= 15 is 0 Å². The molecule has 0 bridgehead atoms. The number of aromatic hydroxyl groups is 1. The van der Waals surface area contributed by atoms with Gasteiger partial charge in [0.05, 0.1) is 19.7 Å². The molecule has 268 valence electrons. The van der Waals surface area contributed by atoms with Crippen LogP contribution in [0, 0.1) is 5.92 Å². The Morgan fingerprint density at radius 1 is 0.771 bits per heavy atom. The zero-order chi connectivity index (χ0) is 36.4. The number of aliphatic hydroxyl groups is 1. The molecule has 1 rings (SSSR count). The number of aliphatic carboxylic acids is 1. The van der Waals surface area contributed by atoms with Crippen molar-refractivity contribution in [3.8, 4) is 5.75 Å². The summed E-state index contributed by atoms with van der Waals surface area (Å²) in [6, 6.07) is -0.0802. The number of carboxylic acids is 1. The van der Waals surface area contributed by atoms with E-state index in [2.05, 4.69) is 31.9 Å². The highest BCUT2D eigenvalue weighted by atomic mass is 32.2. The van der Waals surface area contributed by atoms with Gasteiger partial charge in [0.25, 0.3) is 0 Å². The Morgan fingerprint density at radius 2 is 1.33 bits per heavy atom. The number of nitrogens with two attached hydrogens (primary N) is 1. The molecule has 18 heteroatoms. The van der Waals surface area contributed by atoms with E-state index in [0.29, 0.717) is 11.3 Å². The number of nitrogens with one attached hydrogen (secondary N) is 6. The number of hydrogen-bond donors (Lipinski definition) is 10. The molecular formula is C30H47N7O10S. The molecule has 0 spiro atoms. The van der Waals surface area contributed by atoms with Crippen LogP contribution in [0.2, 0.25) is 0 Å². The summed E-state index contributed by atoms with van der Waals surface area (Å²) in [5.41, 5.74) is 6.05. The molecule has 0 aliphatic carbocycles. The van der Waals surface area contributed by atoms with Crippen LogP contribution in [0.15, 0.2) is 24.3 Å². The lowest BCUT2D eigenvalue weighted by Gasteiger charge is -2.26. The Bertz CT molecular complexity index is 1260. The quantitative estimate of drug-likeness (QED) is 0.0630. The predicted molar refractivity (Wildman–Crippen MR) is 176 cm³/mol. The molecule has 0 fully saturated rings. The van der Waals surface area contributed by atoms with Gasteiger partial charge in [-0.15, -0.1) is 0 Å². The lowest BCUT2D eigenvalue weighted by atomic mass is 10.0. The molecule has 6 amide bonds. The molecule has 1 aromatic rings. The van der Waals surface area contributed by atoms with E-state index in [0.717, 1.165) is 0 Å². The monoisotopic (exact) mass is 697 g/mol. The number of thioether (sulfide) groups is 1. The standard InChI is InChI=1S/C30H47N7O10S/c1-16(2)11-21(26(42)32-14-25(41)35-23(15-38)29(45)33-17(3)30(46)47)37-27(43)20(9-10-48-4)36-28(44)22(34-24(40)13-31)12-18-5-7-19(39)8-6-18/h5-8,16-17,20-23,38-39H,9-15,31H2,1-4H3,(H,32,42)(H,33,45)(H,34,40)(H,35,41)(H,36,44)(H,37,43)(H,46,47)/t17-,20-,21-,22-,23-/m0/s1. The van der Waals surface area contributed by atoms with E-state index in [9.17, 15) is 43.8 Å². The van der Waals surface area contributed by atoms with Crippen molar-refractivity contribution in [2.75, 3.05) is 31.7 Å². The van der Waals surface area contributed by atoms with Gasteiger partial charge in [-0.2, -0.15) is 11.8 Å². The Morgan fingerprint density at radius 3 is 1.88 bits per heavy atom. The topological polar surface area (TPSA) is 278 Å². The number of carbonyl (C=O) groups excluding carboxylic acids is 6. The number of amides is 6. The minimum atomic E-state index is -1.48. The van der Waals surface area contributed by atoms with E-state index in [1.165, 1.54) is 30.8 Å². The number of rotatable bonds is 21. The predicted octanol–water partition coefficient (Wildman–Crippen LogP) is -2.67. The first-order valence-corrected chi connectivity index (χ1v) is 16.6. The second-order valence-corrected chi connectivity index (χ2v) is 12.3. The highest BCUT2D eigenvalue weighted by molar-refractivity contribution is 7.98. The van der Waals surface area contributed by atoms with Crippen molar-refractivity contribution in [3.63, 3.8) is 0 Å². The zero-order valence-electron chi connectivity index (χ0n) is 27.4. The van der Waals surface area contributed by atoms with Crippen LogP contribution in [0.25, 0.3) is 0 Å². The van der Waals surface area contributed by atoms with Crippen LogP contribution in [-0.4, -0.2) is 119 Å². The number of phenolic OH excluding ortho intramolecular Hbond substituents is 1. The lowest BCUT2D eigenvalue weighted by molar-refractivity contribution is -0.142. The third-order valence-electron chi connectivity index (χ3n) is 6.78. The molecule has 1 aromatic carbocycles. The van der Waals surface area contributed by atoms with Crippen molar-refractivity contribution in [2.24, 2.45) is 11.7 Å². The van der Waals surface area contributed by atoms with Crippen LogP contribution in [-0.2, 0) is 40.0 Å². The van der Waals surface area contributed by atoms with Crippen molar-refractivity contribution >= 4 is 53.2 Å². The van der Waals surface area contributed by atoms with Crippen molar-refractivity contribution in [2.45, 2.75) is 70.2 Å². The summed E-state index contributed by atoms with van der Waals surface area (Å²) < 4.78 is 0. The average molecular weight is 698 g/mol. The van der Waals surface area contributed by atoms with E-state index in [4.69, 9.17) is 10.8 Å². The summed E-state index contributed by atoms with van der Waals surface area (Å²) in [7, 11) is 0. The summed E-state index contributed by atoms with van der Waals surface area (Å²) in [5, 5.41) is 42.5. The zero-order valence-corrected chi connectivity index (χ0v) is 28.2. The highest BCUT2D eigenvalue weighted by Gasteiger charge is 2.30. The summed E-state index contributed by atoms with van der Waals surface area (Å²) >= 11 is 1.42. The number of benzene rings is 1. The first kappa shape index (κ1) is 41.6. The molecule has 0 heterocycles. The van der Waals surface area contributed by atoms with Crippen molar-refractivity contribution in [3.05, 3.63) is 29.8 Å². The summed E-state index contributed by atoms with van der Waals surface area (Å²) in [6.45, 7) is 2.97. The molecule has 0 unspecified atom stereocenters. The Labute approximate surface area is 282 Å². The minimum Gasteiger partial charge on any atom is -0.508 e. The number of carboxylic acid groups (broad SMARTS) is 1. The number of hydrogen-bond acceptors (Lipinski definition) is 11. The van der Waals surface area contributed by atoms with Gasteiger partial charge in [-0.3, -0.25) is 33.6 Å². The fourth-order valence-electron chi connectivity index (χ4n) is 4.19. The van der Waals surface area contributed by atoms with E-state index < -0.39 is 84.8 Å². The molecule has 48 heavy (non-hydrogen) atoms. The van der Waals surface area contributed by atoms with E-state index in [-0.39, 0.29) is 37.5 Å². The molecule has 0 saturated heterocycles. The fourth-order valence-corrected chi connectivity index (χ4v) is 4.66. The van der Waals surface area contributed by atoms with E-state index in [1.54, 1.807) is 12.1 Å². The van der Waals surface area contributed by atoms with Crippen LogP contribution in [0.5, 0.6) is 5.75 Å². The molecule has 0 aliphatic heterocycles. The molecule has 0 radical (unpaired) electrons. The number of aliphatic hydroxyl groups excluding tert-OH is 1. The van der Waals surface area contributed by atoms with Crippen LogP contribution >= 0.6 is 11.8 Å². The van der Waals surface area contributed by atoms with Crippen molar-refractivity contribution < 1.29 is 48.9 Å². The first-order valence-electron chi connectivity index (χ1n) is 15.2. The van der Waals surface area contributed by atoms with Crippen molar-refractivity contribution in [1.29, 1.82) is 0 Å². The summed E-state index contributed by atoms with van der Waals surface area (Å²) in [6.07, 6.45) is 2.18. The average Bonchev–Trinajstić information content (AvgIpc) is 3.03. The van der Waals surface area contributed by atoms with Gasteiger partial charge in [0.1, 0.15) is 36.0 Å². The van der Waals surface area contributed by atoms with E-state index in [1.807, 2.05) is 20.1 Å². The van der Waals surface area contributed by atoms with Gasteiger partial charge in [0.15, 0.2) is 0 Å². The van der Waals surface area contributed by atoms with Gasteiger partial charge < -0.3 is 53.0 Å². The molecule has 11 N–H and O–H groups in total. The summed E-state index contributed by atoms with van der Waals surface area (Å²) in [4.78, 5) is 87.7. The van der Waals surface area contributed by atoms with Crippen molar-refractivity contribution in [1.82, 2.24) is 31.9 Å². The number of carbonyl (C=O) groups is 7. The molecule has 17 nitrogen and oxygen atoms in total. The third-order valence-corrected chi connectivity index (χ3v) is 7.43. The maximum Gasteiger partial charge on any atom is 0.325 e. The van der Waals surface area contributed by atoms with Gasteiger partial charge in [-0.05, 0) is 55.4 Å². The Balaban J connectivity index is 3.01. The second-order valence-electron chi connectivity index (χ2n) is 11.3. The van der Waals surface area contributed by atoms with Crippen LogP contribution in [0.3, 0.4) is 0 Å². The molecule has 5 atom stereocenters.